The number of rotatable bonds is 4. The summed E-state index contributed by atoms with van der Waals surface area (Å²) in [6.45, 7) is 1.86. The number of imidazole rings is 1. The number of H-pyrrole nitrogens is 1. The molecule has 0 fully saturated rings. The van der Waals surface area contributed by atoms with E-state index in [1.165, 1.54) is 0 Å². The highest BCUT2D eigenvalue weighted by Gasteiger charge is 2.14. The highest BCUT2D eigenvalue weighted by atomic mass is 16.5. The summed E-state index contributed by atoms with van der Waals surface area (Å²) in [7, 11) is 3.12. The molecule has 1 heterocycles. The van der Waals surface area contributed by atoms with Crippen molar-refractivity contribution in [1.82, 2.24) is 9.97 Å². The standard InChI is InChI=1S/C17H17N3O3/c1-10-18-13-6-4-5-12(16(13)19-10)17(21)20-11-7-8-14(22-2)15(9-11)23-3/h4-9H,1-3H3,(H,18,19)(H,20,21). The summed E-state index contributed by atoms with van der Waals surface area (Å²) in [4.78, 5) is 20.1. The molecule has 3 aromatic rings. The lowest BCUT2D eigenvalue weighted by molar-refractivity contribution is 0.102. The third-order valence-corrected chi connectivity index (χ3v) is 3.52. The summed E-state index contributed by atoms with van der Waals surface area (Å²) in [5.74, 6) is 1.70. The van der Waals surface area contributed by atoms with E-state index in [4.69, 9.17) is 9.47 Å². The van der Waals surface area contributed by atoms with Crippen LogP contribution in [0.15, 0.2) is 36.4 Å². The number of nitrogens with zero attached hydrogens (tertiary/aromatic N) is 1. The topological polar surface area (TPSA) is 76.2 Å². The Morgan fingerprint density at radius 3 is 2.65 bits per heavy atom. The minimum absolute atomic E-state index is 0.227. The first kappa shape index (κ1) is 14.9. The quantitative estimate of drug-likeness (QED) is 0.776. The van der Waals surface area contributed by atoms with E-state index in [-0.39, 0.29) is 5.91 Å². The van der Waals surface area contributed by atoms with Gasteiger partial charge in [0.1, 0.15) is 11.3 Å². The highest BCUT2D eigenvalue weighted by Crippen LogP contribution is 2.30. The summed E-state index contributed by atoms with van der Waals surface area (Å²) < 4.78 is 10.4. The van der Waals surface area contributed by atoms with Gasteiger partial charge in [-0.25, -0.2) is 4.98 Å². The summed E-state index contributed by atoms with van der Waals surface area (Å²) in [6, 6.07) is 10.7. The fourth-order valence-electron chi connectivity index (χ4n) is 2.45. The zero-order valence-electron chi connectivity index (χ0n) is 13.1. The third kappa shape index (κ3) is 2.83. The van der Waals surface area contributed by atoms with Gasteiger partial charge in [-0.3, -0.25) is 4.79 Å². The lowest BCUT2D eigenvalue weighted by Crippen LogP contribution is -2.12. The van der Waals surface area contributed by atoms with Crippen LogP contribution in [-0.2, 0) is 0 Å². The molecular formula is C17H17N3O3. The van der Waals surface area contributed by atoms with Gasteiger partial charge < -0.3 is 19.8 Å². The van der Waals surface area contributed by atoms with Gasteiger partial charge in [0.15, 0.2) is 11.5 Å². The number of aromatic amines is 1. The van der Waals surface area contributed by atoms with E-state index in [2.05, 4.69) is 15.3 Å². The molecule has 118 valence electrons. The number of hydrogen-bond acceptors (Lipinski definition) is 4. The first-order valence-electron chi connectivity index (χ1n) is 7.11. The average molecular weight is 311 g/mol. The molecule has 0 aliphatic carbocycles. The first-order valence-corrected chi connectivity index (χ1v) is 7.11. The van der Waals surface area contributed by atoms with Gasteiger partial charge in [-0.2, -0.15) is 0 Å². The number of nitrogens with one attached hydrogen (secondary N) is 2. The number of amides is 1. The van der Waals surface area contributed by atoms with Crippen molar-refractivity contribution in [2.24, 2.45) is 0 Å². The van der Waals surface area contributed by atoms with Crippen molar-refractivity contribution in [3.63, 3.8) is 0 Å². The van der Waals surface area contributed by atoms with Crippen molar-refractivity contribution >= 4 is 22.6 Å². The van der Waals surface area contributed by atoms with Gasteiger partial charge in [0.05, 0.1) is 25.3 Å². The van der Waals surface area contributed by atoms with Crippen LogP contribution >= 0.6 is 0 Å². The Balaban J connectivity index is 1.92. The Morgan fingerprint density at radius 2 is 1.91 bits per heavy atom. The second-order valence-corrected chi connectivity index (χ2v) is 5.05. The maximum atomic E-state index is 12.6. The first-order chi connectivity index (χ1) is 11.1. The van der Waals surface area contributed by atoms with Crippen molar-refractivity contribution in [3.8, 4) is 11.5 Å². The van der Waals surface area contributed by atoms with Crippen molar-refractivity contribution in [3.05, 3.63) is 47.8 Å². The van der Waals surface area contributed by atoms with Crippen molar-refractivity contribution < 1.29 is 14.3 Å². The Kier molecular flexibility index (Phi) is 3.89. The van der Waals surface area contributed by atoms with Gasteiger partial charge in [-0.15, -0.1) is 0 Å². The lowest BCUT2D eigenvalue weighted by Gasteiger charge is -2.10. The second-order valence-electron chi connectivity index (χ2n) is 5.05. The van der Waals surface area contributed by atoms with E-state index in [9.17, 15) is 4.79 Å². The van der Waals surface area contributed by atoms with Crippen molar-refractivity contribution in [2.45, 2.75) is 6.92 Å². The van der Waals surface area contributed by atoms with Gasteiger partial charge in [-0.05, 0) is 31.2 Å². The van der Waals surface area contributed by atoms with E-state index in [0.29, 0.717) is 28.3 Å². The Bertz CT molecular complexity index is 871. The summed E-state index contributed by atoms with van der Waals surface area (Å²) >= 11 is 0. The number of carbonyl (C=O) groups excluding carboxylic acids is 1. The number of methoxy groups -OCH3 is 2. The maximum absolute atomic E-state index is 12.6. The van der Waals surface area contributed by atoms with Crippen LogP contribution in [0, 0.1) is 6.92 Å². The molecule has 3 rings (SSSR count). The van der Waals surface area contributed by atoms with E-state index < -0.39 is 0 Å². The van der Waals surface area contributed by atoms with Crippen LogP contribution in [0.5, 0.6) is 11.5 Å². The molecule has 0 bridgehead atoms. The summed E-state index contributed by atoms with van der Waals surface area (Å²) in [5, 5.41) is 2.86. The SMILES string of the molecule is COc1ccc(NC(=O)c2cccc3[nH]c(C)nc23)cc1OC. The normalized spacial score (nSPS) is 10.6. The van der Waals surface area contributed by atoms with Crippen LogP contribution in [0.1, 0.15) is 16.2 Å². The van der Waals surface area contributed by atoms with E-state index in [1.54, 1.807) is 38.5 Å². The number of hydrogen-bond donors (Lipinski definition) is 2. The van der Waals surface area contributed by atoms with Crippen molar-refractivity contribution in [2.75, 3.05) is 19.5 Å². The fraction of sp³-hybridized carbons (Fsp3) is 0.176. The molecule has 0 saturated carbocycles. The van der Waals surface area contributed by atoms with E-state index in [0.717, 1.165) is 11.3 Å². The Hall–Kier alpha value is -3.02. The predicted molar refractivity (Wildman–Crippen MR) is 88.3 cm³/mol. The smallest absolute Gasteiger partial charge is 0.257 e. The Labute approximate surface area is 133 Å². The second kappa shape index (κ2) is 6.00. The highest BCUT2D eigenvalue weighted by molar-refractivity contribution is 6.11. The molecule has 2 aromatic carbocycles. The van der Waals surface area contributed by atoms with Crippen LogP contribution in [0.25, 0.3) is 11.0 Å². The van der Waals surface area contributed by atoms with Crippen LogP contribution in [-0.4, -0.2) is 30.1 Å². The molecular weight excluding hydrogens is 294 g/mol. The van der Waals surface area contributed by atoms with Gasteiger partial charge >= 0.3 is 0 Å². The summed E-state index contributed by atoms with van der Waals surface area (Å²) in [6.07, 6.45) is 0. The average Bonchev–Trinajstić information content (AvgIpc) is 2.94. The van der Waals surface area contributed by atoms with Crippen molar-refractivity contribution in [1.29, 1.82) is 0 Å². The Morgan fingerprint density at radius 1 is 1.13 bits per heavy atom. The molecule has 2 N–H and O–H groups in total. The predicted octanol–water partition coefficient (Wildman–Crippen LogP) is 3.14. The third-order valence-electron chi connectivity index (χ3n) is 3.52. The lowest BCUT2D eigenvalue weighted by atomic mass is 10.1. The van der Waals surface area contributed by atoms with E-state index >= 15 is 0 Å². The number of benzene rings is 2. The number of fused-ring (bicyclic) bond motifs is 1. The number of ether oxygens (including phenoxy) is 2. The molecule has 0 spiro atoms. The monoisotopic (exact) mass is 311 g/mol. The van der Waals surface area contributed by atoms with Crippen LogP contribution in [0.2, 0.25) is 0 Å². The summed E-state index contributed by atoms with van der Waals surface area (Å²) in [5.41, 5.74) is 2.63. The molecule has 0 radical (unpaired) electrons. The molecule has 1 aromatic heterocycles. The minimum Gasteiger partial charge on any atom is -0.493 e. The number of aromatic nitrogens is 2. The molecule has 23 heavy (non-hydrogen) atoms. The number of para-hydroxylation sites is 1. The number of aryl methyl sites for hydroxylation is 1. The number of anilines is 1. The zero-order chi connectivity index (χ0) is 16.4. The van der Waals surface area contributed by atoms with Gasteiger partial charge in [-0.1, -0.05) is 6.07 Å². The molecule has 0 unspecified atom stereocenters. The fourth-order valence-corrected chi connectivity index (χ4v) is 2.45. The van der Waals surface area contributed by atoms with Crippen LogP contribution in [0.3, 0.4) is 0 Å². The molecule has 0 atom stereocenters. The molecule has 0 aliphatic rings. The maximum Gasteiger partial charge on any atom is 0.257 e. The molecule has 0 saturated heterocycles. The largest absolute Gasteiger partial charge is 0.493 e. The van der Waals surface area contributed by atoms with Gasteiger partial charge in [0, 0.05) is 11.8 Å². The zero-order valence-corrected chi connectivity index (χ0v) is 13.1. The molecule has 6 heteroatoms. The molecule has 1 amide bonds. The van der Waals surface area contributed by atoms with E-state index in [1.807, 2.05) is 19.1 Å². The molecule has 6 nitrogen and oxygen atoms in total. The minimum atomic E-state index is -0.227. The molecule has 0 aliphatic heterocycles. The van der Waals surface area contributed by atoms with Crippen LogP contribution in [0.4, 0.5) is 5.69 Å². The van der Waals surface area contributed by atoms with Gasteiger partial charge in [0.25, 0.3) is 5.91 Å². The van der Waals surface area contributed by atoms with Crippen LogP contribution < -0.4 is 14.8 Å². The van der Waals surface area contributed by atoms with Gasteiger partial charge in [0.2, 0.25) is 0 Å². The number of carbonyl (C=O) groups is 1.